The SMILES string of the molecule is COc1ccc(Cc2nnc(/C=C\c3ccc(OC(F)F)cc3)o2)cc1. The van der Waals surface area contributed by atoms with E-state index in [1.807, 2.05) is 24.3 Å². The molecule has 134 valence electrons. The molecule has 3 rings (SSSR count). The highest BCUT2D eigenvalue weighted by molar-refractivity contribution is 5.66. The first-order valence-corrected chi connectivity index (χ1v) is 7.80. The Balaban J connectivity index is 1.61. The summed E-state index contributed by atoms with van der Waals surface area (Å²) in [6.07, 6.45) is 3.93. The first-order chi connectivity index (χ1) is 12.6. The molecule has 26 heavy (non-hydrogen) atoms. The zero-order valence-electron chi connectivity index (χ0n) is 13.9. The summed E-state index contributed by atoms with van der Waals surface area (Å²) >= 11 is 0. The van der Waals surface area contributed by atoms with E-state index in [2.05, 4.69) is 14.9 Å². The van der Waals surface area contributed by atoms with Crippen LogP contribution >= 0.6 is 0 Å². The molecule has 1 aromatic heterocycles. The van der Waals surface area contributed by atoms with Gasteiger partial charge in [0.15, 0.2) is 0 Å². The highest BCUT2D eigenvalue weighted by atomic mass is 19.3. The maximum atomic E-state index is 12.1. The number of aromatic nitrogens is 2. The normalized spacial score (nSPS) is 11.2. The predicted octanol–water partition coefficient (Wildman–Crippen LogP) is 4.44. The molecule has 0 unspecified atom stereocenters. The van der Waals surface area contributed by atoms with Crippen LogP contribution in [0.1, 0.15) is 22.9 Å². The molecule has 0 N–H and O–H groups in total. The number of methoxy groups -OCH3 is 1. The lowest BCUT2D eigenvalue weighted by atomic mass is 10.1. The number of rotatable bonds is 7. The molecule has 0 amide bonds. The smallest absolute Gasteiger partial charge is 0.387 e. The van der Waals surface area contributed by atoms with Crippen LogP contribution in [0.2, 0.25) is 0 Å². The summed E-state index contributed by atoms with van der Waals surface area (Å²) in [5.74, 6) is 1.75. The summed E-state index contributed by atoms with van der Waals surface area (Å²) in [6, 6.07) is 13.8. The standard InChI is InChI=1S/C19H16F2N2O3/c1-24-15-7-4-14(5-8-15)12-18-23-22-17(26-18)11-6-13-2-9-16(10-3-13)25-19(20)21/h2-11,19H,12H2,1H3/b11-6-. The van der Waals surface area contributed by atoms with Crippen LogP contribution in [0.3, 0.4) is 0 Å². The van der Waals surface area contributed by atoms with Gasteiger partial charge in [0.1, 0.15) is 11.5 Å². The van der Waals surface area contributed by atoms with Crippen LogP contribution in [0.4, 0.5) is 8.78 Å². The van der Waals surface area contributed by atoms with Gasteiger partial charge in [-0.2, -0.15) is 8.78 Å². The van der Waals surface area contributed by atoms with E-state index in [0.717, 1.165) is 16.9 Å². The molecule has 0 spiro atoms. The molecule has 0 bridgehead atoms. The minimum atomic E-state index is -2.83. The topological polar surface area (TPSA) is 57.4 Å². The maximum Gasteiger partial charge on any atom is 0.387 e. The van der Waals surface area contributed by atoms with Crippen LogP contribution in [-0.4, -0.2) is 23.9 Å². The van der Waals surface area contributed by atoms with Gasteiger partial charge in [0, 0.05) is 6.08 Å². The van der Waals surface area contributed by atoms with Crippen LogP contribution in [0, 0.1) is 0 Å². The fourth-order valence-corrected chi connectivity index (χ4v) is 2.25. The number of halogens is 2. The monoisotopic (exact) mass is 358 g/mol. The summed E-state index contributed by atoms with van der Waals surface area (Å²) in [5, 5.41) is 7.98. The quantitative estimate of drug-likeness (QED) is 0.625. The molecule has 0 radical (unpaired) electrons. The Morgan fingerprint density at radius 1 is 0.962 bits per heavy atom. The Labute approximate surface area is 148 Å². The van der Waals surface area contributed by atoms with Crippen molar-refractivity contribution in [3.05, 3.63) is 71.4 Å². The third kappa shape index (κ3) is 4.89. The lowest BCUT2D eigenvalue weighted by Gasteiger charge is -2.03. The van der Waals surface area contributed by atoms with E-state index in [-0.39, 0.29) is 5.75 Å². The average Bonchev–Trinajstić information content (AvgIpc) is 3.09. The van der Waals surface area contributed by atoms with Gasteiger partial charge in [0.25, 0.3) is 0 Å². The van der Waals surface area contributed by atoms with Gasteiger partial charge < -0.3 is 13.9 Å². The van der Waals surface area contributed by atoms with E-state index in [9.17, 15) is 8.78 Å². The van der Waals surface area contributed by atoms with E-state index in [1.54, 1.807) is 31.4 Å². The van der Waals surface area contributed by atoms with Crippen LogP contribution in [0.5, 0.6) is 11.5 Å². The predicted molar refractivity (Wildman–Crippen MR) is 92.1 cm³/mol. The highest BCUT2D eigenvalue weighted by Gasteiger charge is 2.06. The van der Waals surface area contributed by atoms with Gasteiger partial charge in [-0.25, -0.2) is 0 Å². The van der Waals surface area contributed by atoms with Crippen molar-refractivity contribution in [3.8, 4) is 11.5 Å². The average molecular weight is 358 g/mol. The summed E-state index contributed by atoms with van der Waals surface area (Å²) in [4.78, 5) is 0. The van der Waals surface area contributed by atoms with Gasteiger partial charge in [0.05, 0.1) is 13.5 Å². The van der Waals surface area contributed by atoms with Gasteiger partial charge in [-0.3, -0.25) is 0 Å². The summed E-state index contributed by atoms with van der Waals surface area (Å²) in [5.41, 5.74) is 1.82. The molecule has 0 aliphatic carbocycles. The summed E-state index contributed by atoms with van der Waals surface area (Å²) in [6.45, 7) is -2.83. The Morgan fingerprint density at radius 2 is 1.65 bits per heavy atom. The molecule has 1 heterocycles. The maximum absolute atomic E-state index is 12.1. The second-order valence-electron chi connectivity index (χ2n) is 5.34. The van der Waals surface area contributed by atoms with E-state index in [4.69, 9.17) is 9.15 Å². The molecular formula is C19H16F2N2O3. The first-order valence-electron chi connectivity index (χ1n) is 7.80. The number of hydrogen-bond acceptors (Lipinski definition) is 5. The minimum Gasteiger partial charge on any atom is -0.497 e. The van der Waals surface area contributed by atoms with E-state index in [0.29, 0.717) is 18.2 Å². The third-order valence-electron chi connectivity index (χ3n) is 3.52. The van der Waals surface area contributed by atoms with Crippen LogP contribution < -0.4 is 9.47 Å². The molecule has 0 saturated carbocycles. The van der Waals surface area contributed by atoms with Crippen LogP contribution in [-0.2, 0) is 6.42 Å². The van der Waals surface area contributed by atoms with Crippen molar-refractivity contribution >= 4 is 12.2 Å². The van der Waals surface area contributed by atoms with Gasteiger partial charge >= 0.3 is 6.61 Å². The second-order valence-corrected chi connectivity index (χ2v) is 5.34. The molecule has 0 fully saturated rings. The van der Waals surface area contributed by atoms with Crippen molar-refractivity contribution in [1.29, 1.82) is 0 Å². The van der Waals surface area contributed by atoms with E-state index < -0.39 is 6.61 Å². The third-order valence-corrected chi connectivity index (χ3v) is 3.52. The zero-order valence-corrected chi connectivity index (χ0v) is 13.9. The Morgan fingerprint density at radius 3 is 2.31 bits per heavy atom. The molecule has 5 nitrogen and oxygen atoms in total. The molecular weight excluding hydrogens is 342 g/mol. The molecule has 0 atom stereocenters. The van der Waals surface area contributed by atoms with Gasteiger partial charge in [-0.05, 0) is 41.5 Å². The summed E-state index contributed by atoms with van der Waals surface area (Å²) in [7, 11) is 1.62. The van der Waals surface area contributed by atoms with Crippen molar-refractivity contribution in [2.24, 2.45) is 0 Å². The zero-order chi connectivity index (χ0) is 18.4. The Kier molecular flexibility index (Phi) is 5.58. The highest BCUT2D eigenvalue weighted by Crippen LogP contribution is 2.17. The Hall–Kier alpha value is -3.22. The molecule has 3 aromatic rings. The van der Waals surface area contributed by atoms with Gasteiger partial charge in [0.2, 0.25) is 11.8 Å². The van der Waals surface area contributed by atoms with Crippen LogP contribution in [0.15, 0.2) is 52.9 Å². The largest absolute Gasteiger partial charge is 0.497 e. The number of hydrogen-bond donors (Lipinski definition) is 0. The minimum absolute atomic E-state index is 0.108. The van der Waals surface area contributed by atoms with Gasteiger partial charge in [-0.15, -0.1) is 10.2 Å². The fourth-order valence-electron chi connectivity index (χ4n) is 2.25. The van der Waals surface area contributed by atoms with Crippen LogP contribution in [0.25, 0.3) is 12.2 Å². The number of alkyl halides is 2. The molecule has 0 aliphatic heterocycles. The fraction of sp³-hybridized carbons (Fsp3) is 0.158. The number of benzene rings is 2. The first kappa shape index (κ1) is 17.6. The van der Waals surface area contributed by atoms with E-state index >= 15 is 0 Å². The molecule has 0 aliphatic rings. The van der Waals surface area contributed by atoms with Crippen molar-refractivity contribution in [2.45, 2.75) is 13.0 Å². The molecule has 7 heteroatoms. The lowest BCUT2D eigenvalue weighted by Crippen LogP contribution is -2.01. The second kappa shape index (κ2) is 8.24. The van der Waals surface area contributed by atoms with Crippen molar-refractivity contribution in [3.63, 3.8) is 0 Å². The van der Waals surface area contributed by atoms with Gasteiger partial charge in [-0.1, -0.05) is 24.3 Å². The van der Waals surface area contributed by atoms with Crippen molar-refractivity contribution in [2.75, 3.05) is 7.11 Å². The summed E-state index contributed by atoms with van der Waals surface area (Å²) < 4.78 is 39.2. The molecule has 2 aromatic carbocycles. The van der Waals surface area contributed by atoms with E-state index in [1.165, 1.54) is 12.1 Å². The lowest BCUT2D eigenvalue weighted by molar-refractivity contribution is -0.0498. The number of nitrogens with zero attached hydrogens (tertiary/aromatic N) is 2. The number of ether oxygens (including phenoxy) is 2. The van der Waals surface area contributed by atoms with Crippen molar-refractivity contribution < 1.29 is 22.7 Å². The Bertz CT molecular complexity index is 859. The molecule has 0 saturated heterocycles. The van der Waals surface area contributed by atoms with Crippen molar-refractivity contribution in [1.82, 2.24) is 10.2 Å².